The van der Waals surface area contributed by atoms with E-state index in [-0.39, 0.29) is 11.2 Å². The van der Waals surface area contributed by atoms with Crippen LogP contribution in [0.2, 0.25) is 4.34 Å². The van der Waals surface area contributed by atoms with E-state index in [1.165, 1.54) is 4.88 Å². The van der Waals surface area contributed by atoms with Crippen molar-refractivity contribution in [1.29, 1.82) is 0 Å². The summed E-state index contributed by atoms with van der Waals surface area (Å²) in [6.07, 6.45) is 0.598. The lowest BCUT2D eigenvalue weighted by Crippen LogP contribution is -2.33. The lowest BCUT2D eigenvalue weighted by atomic mass is 9.91. The van der Waals surface area contributed by atoms with Crippen LogP contribution in [-0.4, -0.2) is 18.9 Å². The van der Waals surface area contributed by atoms with Gasteiger partial charge in [0.1, 0.15) is 5.78 Å². The summed E-state index contributed by atoms with van der Waals surface area (Å²) in [4.78, 5) is 12.1. The first-order chi connectivity index (χ1) is 7.42. The molecular weight excluding hydrogens is 242 g/mol. The predicted molar refractivity (Wildman–Crippen MR) is 70.5 cm³/mol. The molecule has 0 radical (unpaired) electrons. The van der Waals surface area contributed by atoms with Crippen molar-refractivity contribution in [3.63, 3.8) is 0 Å². The number of hydrogen-bond acceptors (Lipinski definition) is 3. The highest BCUT2D eigenvalue weighted by atomic mass is 35.5. The van der Waals surface area contributed by atoms with E-state index in [0.717, 1.165) is 17.4 Å². The van der Waals surface area contributed by atoms with E-state index >= 15 is 0 Å². The number of carbonyl (C=O) groups excluding carboxylic acids is 1. The van der Waals surface area contributed by atoms with Gasteiger partial charge in [-0.15, -0.1) is 11.3 Å². The van der Waals surface area contributed by atoms with Crippen LogP contribution in [0.25, 0.3) is 0 Å². The van der Waals surface area contributed by atoms with Gasteiger partial charge in [-0.1, -0.05) is 25.4 Å². The van der Waals surface area contributed by atoms with Crippen molar-refractivity contribution in [3.05, 3.63) is 21.3 Å². The van der Waals surface area contributed by atoms with E-state index in [0.29, 0.717) is 6.42 Å². The molecular formula is C12H18ClNOS. The molecule has 0 bridgehead atoms. The van der Waals surface area contributed by atoms with Gasteiger partial charge in [-0.3, -0.25) is 4.79 Å². The average Bonchev–Trinajstić information content (AvgIpc) is 2.60. The molecule has 1 N–H and O–H groups in total. The standard InChI is InChI=1S/C12H18ClNOS/c1-9(15)6-7-14-8-12(2,3)10-4-5-11(13)16-10/h4-5,14H,6-8H2,1-3H3. The number of rotatable bonds is 6. The Morgan fingerprint density at radius 2 is 2.19 bits per heavy atom. The van der Waals surface area contributed by atoms with Crippen LogP contribution in [0.5, 0.6) is 0 Å². The normalized spacial score (nSPS) is 11.8. The fourth-order valence-corrected chi connectivity index (χ4v) is 2.57. The Morgan fingerprint density at radius 3 is 2.69 bits per heavy atom. The number of hydrogen-bond donors (Lipinski definition) is 1. The van der Waals surface area contributed by atoms with E-state index in [2.05, 4.69) is 25.2 Å². The molecule has 1 aromatic heterocycles. The van der Waals surface area contributed by atoms with Gasteiger partial charge < -0.3 is 5.32 Å². The van der Waals surface area contributed by atoms with Crippen molar-refractivity contribution in [1.82, 2.24) is 5.32 Å². The minimum absolute atomic E-state index is 0.0641. The molecule has 0 fully saturated rings. The Hall–Kier alpha value is -0.380. The SMILES string of the molecule is CC(=O)CCNCC(C)(C)c1ccc(Cl)s1. The summed E-state index contributed by atoms with van der Waals surface area (Å²) < 4.78 is 0.826. The number of ketones is 1. The average molecular weight is 260 g/mol. The van der Waals surface area contributed by atoms with Crippen LogP contribution >= 0.6 is 22.9 Å². The molecule has 4 heteroatoms. The van der Waals surface area contributed by atoms with E-state index in [1.54, 1.807) is 18.3 Å². The molecule has 2 nitrogen and oxygen atoms in total. The van der Waals surface area contributed by atoms with Gasteiger partial charge in [-0.25, -0.2) is 0 Å². The van der Waals surface area contributed by atoms with Crippen LogP contribution in [0.3, 0.4) is 0 Å². The van der Waals surface area contributed by atoms with Gasteiger partial charge in [0.25, 0.3) is 0 Å². The molecule has 0 aliphatic carbocycles. The summed E-state index contributed by atoms with van der Waals surface area (Å²) in [7, 11) is 0. The molecule has 0 aliphatic heterocycles. The van der Waals surface area contributed by atoms with E-state index in [1.807, 2.05) is 6.07 Å². The monoisotopic (exact) mass is 259 g/mol. The van der Waals surface area contributed by atoms with Gasteiger partial charge >= 0.3 is 0 Å². The smallest absolute Gasteiger partial charge is 0.131 e. The second-order valence-corrected chi connectivity index (χ2v) is 6.33. The van der Waals surface area contributed by atoms with Crippen molar-refractivity contribution in [2.24, 2.45) is 0 Å². The maximum atomic E-state index is 10.8. The molecule has 0 amide bonds. The highest BCUT2D eigenvalue weighted by molar-refractivity contribution is 7.16. The molecule has 0 aliphatic rings. The Balaban J connectivity index is 2.43. The van der Waals surface area contributed by atoms with Crippen molar-refractivity contribution in [2.45, 2.75) is 32.6 Å². The molecule has 1 rings (SSSR count). The number of thiophene rings is 1. The van der Waals surface area contributed by atoms with E-state index in [4.69, 9.17) is 11.6 Å². The minimum Gasteiger partial charge on any atom is -0.315 e. The van der Waals surface area contributed by atoms with Crippen molar-refractivity contribution < 1.29 is 4.79 Å². The highest BCUT2D eigenvalue weighted by Crippen LogP contribution is 2.31. The predicted octanol–water partition coefficient (Wildman–Crippen LogP) is 3.25. The zero-order valence-electron chi connectivity index (χ0n) is 9.97. The fourth-order valence-electron chi connectivity index (χ4n) is 1.43. The van der Waals surface area contributed by atoms with Crippen LogP contribution in [0.4, 0.5) is 0 Å². The molecule has 1 heterocycles. The topological polar surface area (TPSA) is 29.1 Å². The molecule has 16 heavy (non-hydrogen) atoms. The molecule has 90 valence electrons. The molecule has 0 unspecified atom stereocenters. The van der Waals surface area contributed by atoms with Crippen LogP contribution in [-0.2, 0) is 10.2 Å². The zero-order valence-corrected chi connectivity index (χ0v) is 11.5. The van der Waals surface area contributed by atoms with Crippen molar-refractivity contribution in [2.75, 3.05) is 13.1 Å². The lowest BCUT2D eigenvalue weighted by molar-refractivity contribution is -0.116. The van der Waals surface area contributed by atoms with Gasteiger partial charge in [0, 0.05) is 29.8 Å². The third-order valence-corrected chi connectivity index (χ3v) is 4.06. The largest absolute Gasteiger partial charge is 0.315 e. The van der Waals surface area contributed by atoms with E-state index < -0.39 is 0 Å². The summed E-state index contributed by atoms with van der Waals surface area (Å²) in [6, 6.07) is 4.00. The maximum absolute atomic E-state index is 10.8. The second kappa shape index (κ2) is 5.80. The van der Waals surface area contributed by atoms with Gasteiger partial charge in [-0.05, 0) is 19.1 Å². The van der Waals surface area contributed by atoms with Crippen molar-refractivity contribution >= 4 is 28.7 Å². The van der Waals surface area contributed by atoms with Crippen molar-refractivity contribution in [3.8, 4) is 0 Å². The summed E-state index contributed by atoms with van der Waals surface area (Å²) in [5.74, 6) is 0.226. The van der Waals surface area contributed by atoms with Gasteiger partial charge in [-0.2, -0.15) is 0 Å². The third kappa shape index (κ3) is 4.24. The first kappa shape index (κ1) is 13.7. The summed E-state index contributed by atoms with van der Waals surface area (Å²) in [5.41, 5.74) is 0.0641. The first-order valence-electron chi connectivity index (χ1n) is 5.38. The van der Waals surface area contributed by atoms with Crippen LogP contribution in [0.1, 0.15) is 32.1 Å². The van der Waals surface area contributed by atoms with Crippen LogP contribution in [0, 0.1) is 0 Å². The van der Waals surface area contributed by atoms with Crippen LogP contribution < -0.4 is 5.32 Å². The Labute approximate surface area is 106 Å². The molecule has 0 saturated heterocycles. The second-order valence-electron chi connectivity index (χ2n) is 4.62. The highest BCUT2D eigenvalue weighted by Gasteiger charge is 2.21. The quantitative estimate of drug-likeness (QED) is 0.795. The van der Waals surface area contributed by atoms with Gasteiger partial charge in [0.2, 0.25) is 0 Å². The third-order valence-electron chi connectivity index (χ3n) is 2.46. The maximum Gasteiger partial charge on any atom is 0.131 e. The Bertz CT molecular complexity index is 360. The van der Waals surface area contributed by atoms with E-state index in [9.17, 15) is 4.79 Å². The molecule has 0 atom stereocenters. The number of nitrogens with one attached hydrogen (secondary N) is 1. The minimum atomic E-state index is 0.0641. The lowest BCUT2D eigenvalue weighted by Gasteiger charge is -2.23. The molecule has 0 spiro atoms. The summed E-state index contributed by atoms with van der Waals surface area (Å²) in [6.45, 7) is 7.58. The Kier molecular flexibility index (Phi) is 4.96. The summed E-state index contributed by atoms with van der Waals surface area (Å²) in [5, 5.41) is 3.31. The Morgan fingerprint density at radius 1 is 1.50 bits per heavy atom. The zero-order chi connectivity index (χ0) is 12.2. The number of halogens is 1. The van der Waals surface area contributed by atoms with Crippen LogP contribution in [0.15, 0.2) is 12.1 Å². The van der Waals surface area contributed by atoms with Gasteiger partial charge in [0.05, 0.1) is 4.34 Å². The fraction of sp³-hybridized carbons (Fsp3) is 0.583. The van der Waals surface area contributed by atoms with Gasteiger partial charge in [0.15, 0.2) is 0 Å². The summed E-state index contributed by atoms with van der Waals surface area (Å²) >= 11 is 7.54. The first-order valence-corrected chi connectivity index (χ1v) is 6.57. The molecule has 1 aromatic rings. The molecule has 0 saturated carbocycles. The number of carbonyl (C=O) groups is 1. The molecule has 0 aromatic carbocycles. The number of Topliss-reactive ketones (excluding diaryl/α,β-unsaturated/α-hetero) is 1.